The van der Waals surface area contributed by atoms with E-state index < -0.39 is 0 Å². The Labute approximate surface area is 110 Å². The summed E-state index contributed by atoms with van der Waals surface area (Å²) in [6.07, 6.45) is 1.88. The number of aromatic nitrogens is 1. The molecule has 1 N–H and O–H groups in total. The number of hydrogen-bond donors (Lipinski definition) is 1. The third-order valence-corrected chi connectivity index (χ3v) is 3.80. The molecule has 0 atom stereocenters. The van der Waals surface area contributed by atoms with E-state index in [0.29, 0.717) is 0 Å². The second-order valence-electron chi connectivity index (χ2n) is 4.16. The van der Waals surface area contributed by atoms with Gasteiger partial charge in [-0.25, -0.2) is 0 Å². The fourth-order valence-electron chi connectivity index (χ4n) is 2.04. The zero-order chi connectivity index (χ0) is 12.2. The lowest BCUT2D eigenvalue weighted by Gasteiger charge is -2.06. The van der Waals surface area contributed by atoms with Gasteiger partial charge >= 0.3 is 0 Å². The highest BCUT2D eigenvalue weighted by molar-refractivity contribution is 7.09. The maximum Gasteiger partial charge on any atom is 0.0619 e. The molecular weight excluding hydrogens is 240 g/mol. The zero-order valence-corrected chi connectivity index (χ0v) is 10.8. The second kappa shape index (κ2) is 5.29. The number of fused-ring (bicyclic) bond motifs is 1. The second-order valence-corrected chi connectivity index (χ2v) is 5.19. The van der Waals surface area contributed by atoms with Gasteiger partial charge in [0.25, 0.3) is 0 Å². The van der Waals surface area contributed by atoms with Crippen LogP contribution in [0, 0.1) is 0 Å². The average Bonchev–Trinajstić information content (AvgIpc) is 2.92. The van der Waals surface area contributed by atoms with E-state index in [4.69, 9.17) is 0 Å². The first-order valence-electron chi connectivity index (χ1n) is 5.99. The van der Waals surface area contributed by atoms with Crippen LogP contribution in [0.5, 0.6) is 0 Å². The molecule has 90 valence electrons. The van der Waals surface area contributed by atoms with Crippen molar-refractivity contribution in [3.63, 3.8) is 0 Å². The molecule has 0 unspecified atom stereocenters. The van der Waals surface area contributed by atoms with E-state index >= 15 is 0 Å². The minimum atomic E-state index is 0.805. The topological polar surface area (TPSA) is 24.9 Å². The van der Waals surface area contributed by atoms with Gasteiger partial charge in [-0.05, 0) is 22.9 Å². The van der Waals surface area contributed by atoms with Crippen molar-refractivity contribution in [3.8, 4) is 0 Å². The molecule has 3 aromatic rings. The van der Waals surface area contributed by atoms with Crippen LogP contribution in [0.4, 0.5) is 0 Å². The van der Waals surface area contributed by atoms with Crippen molar-refractivity contribution < 1.29 is 0 Å². The molecule has 0 fully saturated rings. The first-order valence-corrected chi connectivity index (χ1v) is 6.87. The summed E-state index contributed by atoms with van der Waals surface area (Å²) in [5, 5.41) is 8.03. The van der Waals surface area contributed by atoms with Gasteiger partial charge in [0, 0.05) is 29.5 Å². The number of benzene rings is 1. The number of nitrogens with zero attached hydrogens (tertiary/aromatic N) is 1. The largest absolute Gasteiger partial charge is 0.306 e. The van der Waals surface area contributed by atoms with E-state index in [2.05, 4.69) is 58.1 Å². The maximum atomic E-state index is 4.47. The van der Waals surface area contributed by atoms with Crippen LogP contribution in [0.1, 0.15) is 10.6 Å². The lowest BCUT2D eigenvalue weighted by molar-refractivity contribution is 0.691. The molecule has 0 saturated heterocycles. The number of thiophene rings is 1. The molecule has 3 rings (SSSR count). The quantitative estimate of drug-likeness (QED) is 0.769. The molecule has 2 aromatic heterocycles. The molecular formula is C15H14N2S. The number of rotatable bonds is 4. The van der Waals surface area contributed by atoms with Crippen LogP contribution in [0.3, 0.4) is 0 Å². The van der Waals surface area contributed by atoms with Gasteiger partial charge in [0.05, 0.1) is 5.69 Å². The number of hydrogen-bond acceptors (Lipinski definition) is 3. The van der Waals surface area contributed by atoms with Crippen molar-refractivity contribution in [2.24, 2.45) is 0 Å². The highest BCUT2D eigenvalue weighted by Crippen LogP contribution is 2.16. The predicted octanol–water partition coefficient (Wildman–Crippen LogP) is 3.59. The minimum absolute atomic E-state index is 0.805. The van der Waals surface area contributed by atoms with Crippen molar-refractivity contribution in [3.05, 3.63) is 64.6 Å². The highest BCUT2D eigenvalue weighted by atomic mass is 32.1. The summed E-state index contributed by atoms with van der Waals surface area (Å²) < 4.78 is 0. The minimum Gasteiger partial charge on any atom is -0.306 e. The van der Waals surface area contributed by atoms with Crippen molar-refractivity contribution in [2.75, 3.05) is 0 Å². The standard InChI is InChI=1S/C15H14N2S/c1-2-6-14-12(4-1)7-8-17-15(14)11-16-10-13-5-3-9-18-13/h1-9,16H,10-11H2. The zero-order valence-electron chi connectivity index (χ0n) is 9.97. The van der Waals surface area contributed by atoms with Crippen molar-refractivity contribution in [2.45, 2.75) is 13.1 Å². The van der Waals surface area contributed by atoms with Gasteiger partial charge < -0.3 is 5.32 Å². The molecule has 0 aliphatic heterocycles. The summed E-state index contributed by atoms with van der Waals surface area (Å²) in [4.78, 5) is 5.82. The fraction of sp³-hybridized carbons (Fsp3) is 0.133. The average molecular weight is 254 g/mol. The third-order valence-electron chi connectivity index (χ3n) is 2.93. The Morgan fingerprint density at radius 3 is 2.83 bits per heavy atom. The Kier molecular flexibility index (Phi) is 3.35. The molecule has 0 amide bonds. The lowest BCUT2D eigenvalue weighted by Crippen LogP contribution is -2.13. The first kappa shape index (κ1) is 11.4. The maximum absolute atomic E-state index is 4.47. The molecule has 3 heteroatoms. The molecule has 2 heterocycles. The SMILES string of the molecule is c1csc(CNCc2nccc3ccccc23)c1. The monoisotopic (exact) mass is 254 g/mol. The van der Waals surface area contributed by atoms with Gasteiger partial charge in [-0.3, -0.25) is 4.98 Å². The van der Waals surface area contributed by atoms with Gasteiger partial charge in [0.1, 0.15) is 0 Å². The van der Waals surface area contributed by atoms with Gasteiger partial charge in [0.2, 0.25) is 0 Å². The molecule has 2 nitrogen and oxygen atoms in total. The summed E-state index contributed by atoms with van der Waals surface area (Å²) in [5.74, 6) is 0. The molecule has 0 saturated carbocycles. The molecule has 0 aliphatic carbocycles. The van der Waals surface area contributed by atoms with E-state index in [1.54, 1.807) is 11.3 Å². The molecule has 0 aliphatic rings. The van der Waals surface area contributed by atoms with Crippen LogP contribution < -0.4 is 5.32 Å². The third kappa shape index (κ3) is 2.42. The van der Waals surface area contributed by atoms with Crippen molar-refractivity contribution >= 4 is 22.1 Å². The summed E-state index contributed by atoms with van der Waals surface area (Å²) in [7, 11) is 0. The smallest absolute Gasteiger partial charge is 0.0619 e. The Morgan fingerprint density at radius 2 is 1.94 bits per heavy atom. The van der Waals surface area contributed by atoms with Gasteiger partial charge in [-0.15, -0.1) is 11.3 Å². The summed E-state index contributed by atoms with van der Waals surface area (Å²) in [5.41, 5.74) is 1.12. The van der Waals surface area contributed by atoms with E-state index in [0.717, 1.165) is 18.8 Å². The van der Waals surface area contributed by atoms with Crippen LogP contribution in [0.25, 0.3) is 10.8 Å². The van der Waals surface area contributed by atoms with Gasteiger partial charge in [0.15, 0.2) is 0 Å². The predicted molar refractivity (Wildman–Crippen MR) is 76.6 cm³/mol. The number of pyridine rings is 1. The lowest BCUT2D eigenvalue weighted by atomic mass is 10.1. The first-order chi connectivity index (χ1) is 8.93. The van der Waals surface area contributed by atoms with Crippen LogP contribution in [-0.2, 0) is 13.1 Å². The van der Waals surface area contributed by atoms with Crippen LogP contribution in [-0.4, -0.2) is 4.98 Å². The van der Waals surface area contributed by atoms with Crippen molar-refractivity contribution in [1.82, 2.24) is 10.3 Å². The van der Waals surface area contributed by atoms with E-state index in [-0.39, 0.29) is 0 Å². The normalized spacial score (nSPS) is 10.9. The van der Waals surface area contributed by atoms with Gasteiger partial charge in [-0.2, -0.15) is 0 Å². The van der Waals surface area contributed by atoms with E-state index in [1.165, 1.54) is 15.6 Å². The molecule has 0 radical (unpaired) electrons. The van der Waals surface area contributed by atoms with Crippen LogP contribution in [0.2, 0.25) is 0 Å². The van der Waals surface area contributed by atoms with Gasteiger partial charge in [-0.1, -0.05) is 30.3 Å². The van der Waals surface area contributed by atoms with Crippen molar-refractivity contribution in [1.29, 1.82) is 0 Å². The van der Waals surface area contributed by atoms with E-state index in [9.17, 15) is 0 Å². The number of nitrogens with one attached hydrogen (secondary N) is 1. The molecule has 1 aromatic carbocycles. The highest BCUT2D eigenvalue weighted by Gasteiger charge is 2.01. The molecule has 0 bridgehead atoms. The fourth-order valence-corrected chi connectivity index (χ4v) is 2.71. The molecule has 0 spiro atoms. The summed E-state index contributed by atoms with van der Waals surface area (Å²) in [6, 6.07) is 14.7. The Morgan fingerprint density at radius 1 is 1.00 bits per heavy atom. The Hall–Kier alpha value is -1.71. The van der Waals surface area contributed by atoms with Crippen LogP contribution in [0.15, 0.2) is 54.0 Å². The Bertz CT molecular complexity index is 627. The van der Waals surface area contributed by atoms with Crippen LogP contribution >= 0.6 is 11.3 Å². The molecule has 18 heavy (non-hydrogen) atoms. The summed E-state index contributed by atoms with van der Waals surface area (Å²) >= 11 is 1.78. The summed E-state index contributed by atoms with van der Waals surface area (Å²) in [6.45, 7) is 1.71. The Balaban J connectivity index is 1.74. The van der Waals surface area contributed by atoms with E-state index in [1.807, 2.05) is 6.20 Å².